The van der Waals surface area contributed by atoms with Gasteiger partial charge in [0.2, 0.25) is 10.0 Å². The molecule has 0 spiro atoms. The molecule has 0 bridgehead atoms. The first kappa shape index (κ1) is 16.1. The minimum Gasteiger partial charge on any atom is -0.326 e. The lowest BCUT2D eigenvalue weighted by molar-refractivity contribution is 0.256. The average Bonchev–Trinajstić information content (AvgIpc) is 2.38. The minimum absolute atomic E-state index is 0.170. The number of sulfonamides is 1. The van der Waals surface area contributed by atoms with Crippen LogP contribution in [0.25, 0.3) is 0 Å². The van der Waals surface area contributed by atoms with E-state index in [1.807, 2.05) is 6.92 Å². The molecule has 1 rings (SSSR count). The second kappa shape index (κ2) is 5.56. The molecule has 0 fully saturated rings. The zero-order valence-corrected chi connectivity index (χ0v) is 12.6. The fraction of sp³-hybridized carbons (Fsp3) is 0.538. The Hall–Kier alpha value is -0.980. The number of hydrogen-bond acceptors (Lipinski definition) is 3. The fourth-order valence-corrected chi connectivity index (χ4v) is 3.26. The van der Waals surface area contributed by atoms with Crippen LogP contribution < -0.4 is 5.73 Å². The summed E-state index contributed by atoms with van der Waals surface area (Å²) >= 11 is 0. The number of nitrogens with two attached hydrogens (primary N) is 1. The third kappa shape index (κ3) is 3.13. The summed E-state index contributed by atoms with van der Waals surface area (Å²) in [7, 11) is -2.40. The second-order valence-electron chi connectivity index (χ2n) is 5.11. The smallest absolute Gasteiger partial charge is 0.246 e. The molecular weight excluding hydrogens is 267 g/mol. The first-order valence-electron chi connectivity index (χ1n) is 6.14. The van der Waals surface area contributed by atoms with Gasteiger partial charge < -0.3 is 5.73 Å². The number of nitrogens with zero attached hydrogens (tertiary/aromatic N) is 1. The highest BCUT2D eigenvalue weighted by atomic mass is 32.2. The van der Waals surface area contributed by atoms with Gasteiger partial charge in [0.1, 0.15) is 10.7 Å². The molecule has 4 nitrogen and oxygen atoms in total. The molecule has 0 radical (unpaired) electrons. The van der Waals surface area contributed by atoms with Crippen molar-refractivity contribution >= 4 is 10.0 Å². The lowest BCUT2D eigenvalue weighted by Crippen LogP contribution is -2.44. The summed E-state index contributed by atoms with van der Waals surface area (Å²) < 4.78 is 40.0. The van der Waals surface area contributed by atoms with Crippen LogP contribution in [0.1, 0.15) is 32.8 Å². The molecular formula is C13H21FN2O2S. The van der Waals surface area contributed by atoms with E-state index in [-0.39, 0.29) is 11.4 Å². The van der Waals surface area contributed by atoms with Gasteiger partial charge in [-0.15, -0.1) is 0 Å². The van der Waals surface area contributed by atoms with Gasteiger partial charge in [-0.05, 0) is 38.0 Å². The van der Waals surface area contributed by atoms with E-state index >= 15 is 0 Å². The van der Waals surface area contributed by atoms with Gasteiger partial charge in [-0.2, -0.15) is 4.31 Å². The van der Waals surface area contributed by atoms with Crippen molar-refractivity contribution in [2.24, 2.45) is 5.73 Å². The van der Waals surface area contributed by atoms with E-state index in [2.05, 4.69) is 0 Å². The van der Waals surface area contributed by atoms with E-state index in [1.165, 1.54) is 23.5 Å². The Morgan fingerprint density at radius 3 is 2.42 bits per heavy atom. The van der Waals surface area contributed by atoms with Crippen molar-refractivity contribution in [3.8, 4) is 0 Å². The van der Waals surface area contributed by atoms with E-state index in [1.54, 1.807) is 13.8 Å². The molecule has 6 heteroatoms. The first-order chi connectivity index (χ1) is 8.66. The summed E-state index contributed by atoms with van der Waals surface area (Å²) in [6, 6.07) is 3.92. The van der Waals surface area contributed by atoms with Crippen LogP contribution >= 0.6 is 0 Å². The maximum absolute atomic E-state index is 13.8. The van der Waals surface area contributed by atoms with Gasteiger partial charge in [-0.25, -0.2) is 12.8 Å². The van der Waals surface area contributed by atoms with Crippen LogP contribution in [0, 0.1) is 5.82 Å². The lowest BCUT2D eigenvalue weighted by atomic mass is 10.0. The standard InChI is InChI=1S/C13H21FN2O2S/c1-5-13(2,3)16(4)19(17,18)12-8-10(9-15)6-7-11(12)14/h6-8H,5,9,15H2,1-4H3. The number of halogens is 1. The highest BCUT2D eigenvalue weighted by Gasteiger charge is 2.34. The predicted molar refractivity (Wildman–Crippen MR) is 73.6 cm³/mol. The second-order valence-corrected chi connectivity index (χ2v) is 7.05. The molecule has 0 aromatic heterocycles. The van der Waals surface area contributed by atoms with Crippen molar-refractivity contribution in [1.29, 1.82) is 0 Å². The van der Waals surface area contributed by atoms with Gasteiger partial charge in [0, 0.05) is 19.1 Å². The van der Waals surface area contributed by atoms with Crippen LogP contribution in [0.5, 0.6) is 0 Å². The zero-order chi connectivity index (χ0) is 14.8. The summed E-state index contributed by atoms with van der Waals surface area (Å²) in [5.74, 6) is -0.754. The molecule has 0 aliphatic heterocycles. The summed E-state index contributed by atoms with van der Waals surface area (Å²) in [5, 5.41) is 0. The topological polar surface area (TPSA) is 63.4 Å². The van der Waals surface area contributed by atoms with Crippen LogP contribution in [0.2, 0.25) is 0 Å². The third-order valence-corrected chi connectivity index (χ3v) is 5.67. The lowest BCUT2D eigenvalue weighted by Gasteiger charge is -2.33. The largest absolute Gasteiger partial charge is 0.326 e. The van der Waals surface area contributed by atoms with Crippen LogP contribution in [-0.2, 0) is 16.6 Å². The molecule has 0 unspecified atom stereocenters. The Kier molecular flexibility index (Phi) is 4.71. The summed E-state index contributed by atoms with van der Waals surface area (Å²) in [5.41, 5.74) is 5.48. The Morgan fingerprint density at radius 1 is 1.37 bits per heavy atom. The van der Waals surface area contributed by atoms with Gasteiger partial charge >= 0.3 is 0 Å². The Labute approximate surface area is 114 Å². The molecule has 0 amide bonds. The zero-order valence-electron chi connectivity index (χ0n) is 11.8. The molecule has 1 aromatic carbocycles. The molecule has 1 aromatic rings. The van der Waals surface area contributed by atoms with Gasteiger partial charge in [-0.3, -0.25) is 0 Å². The van der Waals surface area contributed by atoms with Crippen molar-refractivity contribution < 1.29 is 12.8 Å². The molecule has 108 valence electrons. The normalized spacial score (nSPS) is 13.0. The molecule has 0 aliphatic carbocycles. The van der Waals surface area contributed by atoms with Crippen molar-refractivity contribution in [3.63, 3.8) is 0 Å². The highest BCUT2D eigenvalue weighted by Crippen LogP contribution is 2.27. The molecule has 0 atom stereocenters. The van der Waals surface area contributed by atoms with Gasteiger partial charge in [0.05, 0.1) is 0 Å². The van der Waals surface area contributed by atoms with E-state index in [0.29, 0.717) is 12.0 Å². The Morgan fingerprint density at radius 2 is 1.95 bits per heavy atom. The Balaban J connectivity index is 3.35. The van der Waals surface area contributed by atoms with E-state index in [0.717, 1.165) is 6.07 Å². The minimum atomic E-state index is -3.87. The van der Waals surface area contributed by atoms with Crippen LogP contribution in [0.4, 0.5) is 4.39 Å². The maximum atomic E-state index is 13.8. The van der Waals surface area contributed by atoms with Crippen molar-refractivity contribution in [3.05, 3.63) is 29.6 Å². The van der Waals surface area contributed by atoms with E-state index in [9.17, 15) is 12.8 Å². The third-order valence-electron chi connectivity index (χ3n) is 3.59. The summed E-state index contributed by atoms with van der Waals surface area (Å²) in [6.07, 6.45) is 0.626. The van der Waals surface area contributed by atoms with Crippen molar-refractivity contribution in [1.82, 2.24) is 4.31 Å². The van der Waals surface area contributed by atoms with Crippen molar-refractivity contribution in [2.75, 3.05) is 7.05 Å². The fourth-order valence-electron chi connectivity index (χ4n) is 1.57. The predicted octanol–water partition coefficient (Wildman–Crippen LogP) is 2.09. The van der Waals surface area contributed by atoms with Gasteiger partial charge in [0.15, 0.2) is 0 Å². The van der Waals surface area contributed by atoms with Gasteiger partial charge in [-0.1, -0.05) is 13.0 Å². The molecule has 0 aliphatic rings. The summed E-state index contributed by atoms with van der Waals surface area (Å²) in [6.45, 7) is 5.66. The highest BCUT2D eigenvalue weighted by molar-refractivity contribution is 7.89. The maximum Gasteiger partial charge on any atom is 0.246 e. The molecule has 0 saturated carbocycles. The Bertz CT molecular complexity index is 556. The van der Waals surface area contributed by atoms with Gasteiger partial charge in [0.25, 0.3) is 0 Å². The quantitative estimate of drug-likeness (QED) is 0.902. The van der Waals surface area contributed by atoms with Crippen molar-refractivity contribution in [2.45, 2.75) is 44.2 Å². The van der Waals surface area contributed by atoms with Crippen LogP contribution in [-0.4, -0.2) is 25.3 Å². The summed E-state index contributed by atoms with van der Waals surface area (Å²) in [4.78, 5) is -0.320. The van der Waals surface area contributed by atoms with E-state index < -0.39 is 21.4 Å². The van der Waals surface area contributed by atoms with Crippen LogP contribution in [0.15, 0.2) is 23.1 Å². The molecule has 0 saturated heterocycles. The SMILES string of the molecule is CCC(C)(C)N(C)S(=O)(=O)c1cc(CN)ccc1F. The van der Waals surface area contributed by atoms with E-state index in [4.69, 9.17) is 5.73 Å². The average molecular weight is 288 g/mol. The first-order valence-corrected chi connectivity index (χ1v) is 7.58. The molecule has 0 heterocycles. The molecule has 2 N–H and O–H groups in total. The number of benzene rings is 1. The van der Waals surface area contributed by atoms with Crippen LogP contribution in [0.3, 0.4) is 0 Å². The number of rotatable bonds is 5. The number of hydrogen-bond donors (Lipinski definition) is 1. The monoisotopic (exact) mass is 288 g/mol. The molecule has 19 heavy (non-hydrogen) atoms.